The zero-order valence-electron chi connectivity index (χ0n) is 15.6. The van der Waals surface area contributed by atoms with Gasteiger partial charge in [-0.2, -0.15) is 0 Å². The molecule has 0 saturated carbocycles. The molecule has 0 spiro atoms. The number of aromatic nitrogens is 1. The third-order valence-corrected chi connectivity index (χ3v) is 6.27. The fourth-order valence-electron chi connectivity index (χ4n) is 3.79. The number of methoxy groups -OCH3 is 2. The fourth-order valence-corrected chi connectivity index (χ4v) is 4.75. The van der Waals surface area contributed by atoms with Crippen molar-refractivity contribution in [2.45, 2.75) is 31.4 Å². The van der Waals surface area contributed by atoms with Gasteiger partial charge in [-0.05, 0) is 30.7 Å². The number of ether oxygens (including phenoxy) is 2. The van der Waals surface area contributed by atoms with Crippen molar-refractivity contribution in [1.82, 2.24) is 10.3 Å². The van der Waals surface area contributed by atoms with E-state index in [4.69, 9.17) is 9.47 Å². The molecule has 0 bridgehead atoms. The first-order valence-corrected chi connectivity index (χ1v) is 10.00. The van der Waals surface area contributed by atoms with Gasteiger partial charge in [0.05, 0.1) is 35.5 Å². The molecule has 0 amide bonds. The molecule has 3 aromatic rings. The summed E-state index contributed by atoms with van der Waals surface area (Å²) in [5, 5.41) is 15.3. The summed E-state index contributed by atoms with van der Waals surface area (Å²) in [5.74, 6) is 1.67. The molecule has 0 unspecified atom stereocenters. The first kappa shape index (κ1) is 18.2. The van der Waals surface area contributed by atoms with Crippen LogP contribution in [0.3, 0.4) is 0 Å². The van der Waals surface area contributed by atoms with Gasteiger partial charge in [-0.1, -0.05) is 12.1 Å². The average Bonchev–Trinajstić information content (AvgIpc) is 3.10. The van der Waals surface area contributed by atoms with Crippen LogP contribution in [0.5, 0.6) is 11.5 Å². The van der Waals surface area contributed by atoms with Gasteiger partial charge in [0, 0.05) is 36.6 Å². The Labute approximate surface area is 163 Å². The monoisotopic (exact) mass is 384 g/mol. The molecule has 27 heavy (non-hydrogen) atoms. The van der Waals surface area contributed by atoms with Gasteiger partial charge in [0.15, 0.2) is 0 Å². The maximum absolute atomic E-state index is 10.6. The molecule has 5 nitrogen and oxygen atoms in total. The molecule has 0 radical (unpaired) electrons. The van der Waals surface area contributed by atoms with Crippen molar-refractivity contribution < 1.29 is 14.6 Å². The second-order valence-corrected chi connectivity index (χ2v) is 7.90. The highest BCUT2D eigenvalue weighted by Gasteiger charge is 2.30. The number of benzene rings is 2. The van der Waals surface area contributed by atoms with Crippen molar-refractivity contribution in [1.29, 1.82) is 0 Å². The van der Waals surface area contributed by atoms with Crippen LogP contribution in [0.25, 0.3) is 10.2 Å². The van der Waals surface area contributed by atoms with E-state index >= 15 is 0 Å². The van der Waals surface area contributed by atoms with Crippen LogP contribution in [0.15, 0.2) is 36.4 Å². The molecule has 2 N–H and O–H groups in total. The molecule has 0 saturated heterocycles. The molecule has 142 valence electrons. The SMILES string of the molecule is COc1ccc(OC)c2c1C[C@H](NCCc1nc3ccccc3s1)[C@@H](O)C2. The van der Waals surface area contributed by atoms with Gasteiger partial charge in [0.2, 0.25) is 0 Å². The molecule has 1 aliphatic rings. The Hall–Kier alpha value is -2.15. The Morgan fingerprint density at radius 3 is 2.48 bits per heavy atom. The molecule has 6 heteroatoms. The zero-order valence-corrected chi connectivity index (χ0v) is 16.4. The highest BCUT2D eigenvalue weighted by atomic mass is 32.1. The second kappa shape index (κ2) is 7.84. The quantitative estimate of drug-likeness (QED) is 0.684. The number of rotatable bonds is 6. The predicted molar refractivity (Wildman–Crippen MR) is 108 cm³/mol. The lowest BCUT2D eigenvalue weighted by Gasteiger charge is -2.32. The normalized spacial score (nSPS) is 19.1. The summed E-state index contributed by atoms with van der Waals surface area (Å²) in [6, 6.07) is 12.0. The molecule has 4 rings (SSSR count). The van der Waals surface area contributed by atoms with Gasteiger partial charge in [0.25, 0.3) is 0 Å². The highest BCUT2D eigenvalue weighted by Crippen LogP contribution is 2.36. The largest absolute Gasteiger partial charge is 0.496 e. The lowest BCUT2D eigenvalue weighted by atomic mass is 9.85. The number of nitrogens with zero attached hydrogens (tertiary/aromatic N) is 1. The molecular formula is C21H24N2O3S. The number of nitrogens with one attached hydrogen (secondary N) is 1. The Bertz CT molecular complexity index is 907. The Morgan fingerprint density at radius 1 is 1.07 bits per heavy atom. The number of aliphatic hydroxyl groups is 1. The number of para-hydroxylation sites is 1. The highest BCUT2D eigenvalue weighted by molar-refractivity contribution is 7.18. The van der Waals surface area contributed by atoms with Crippen LogP contribution in [-0.4, -0.2) is 43.0 Å². The zero-order chi connectivity index (χ0) is 18.8. The van der Waals surface area contributed by atoms with Gasteiger partial charge in [-0.3, -0.25) is 0 Å². The minimum Gasteiger partial charge on any atom is -0.496 e. The van der Waals surface area contributed by atoms with E-state index in [9.17, 15) is 5.11 Å². The van der Waals surface area contributed by atoms with Gasteiger partial charge in [-0.15, -0.1) is 11.3 Å². The van der Waals surface area contributed by atoms with Crippen LogP contribution in [0.2, 0.25) is 0 Å². The third-order valence-electron chi connectivity index (χ3n) is 5.17. The van der Waals surface area contributed by atoms with Gasteiger partial charge < -0.3 is 19.9 Å². The molecule has 2 aromatic carbocycles. The summed E-state index contributed by atoms with van der Waals surface area (Å²) in [6.45, 7) is 0.781. The standard InChI is InChI=1S/C21H24N2O3S/c1-25-18-7-8-19(26-2)14-12-17(24)16(11-13(14)18)22-10-9-21-23-15-5-3-4-6-20(15)27-21/h3-8,16-17,22,24H,9-12H2,1-2H3/t16-,17-/m0/s1. The van der Waals surface area contributed by atoms with Crippen molar-refractivity contribution >= 4 is 21.6 Å². The van der Waals surface area contributed by atoms with E-state index in [2.05, 4.69) is 16.4 Å². The van der Waals surface area contributed by atoms with Crippen molar-refractivity contribution in [2.24, 2.45) is 0 Å². The smallest absolute Gasteiger partial charge is 0.122 e. The van der Waals surface area contributed by atoms with Crippen LogP contribution in [0.1, 0.15) is 16.1 Å². The maximum Gasteiger partial charge on any atom is 0.122 e. The number of thiazole rings is 1. The van der Waals surface area contributed by atoms with Gasteiger partial charge in [-0.25, -0.2) is 4.98 Å². The molecule has 2 atom stereocenters. The summed E-state index contributed by atoms with van der Waals surface area (Å²) in [5.41, 5.74) is 3.23. The summed E-state index contributed by atoms with van der Waals surface area (Å²) in [7, 11) is 3.35. The average molecular weight is 385 g/mol. The van der Waals surface area contributed by atoms with E-state index in [0.29, 0.717) is 6.42 Å². The summed E-state index contributed by atoms with van der Waals surface area (Å²) in [4.78, 5) is 4.68. The maximum atomic E-state index is 10.6. The van der Waals surface area contributed by atoms with E-state index in [0.717, 1.165) is 52.5 Å². The summed E-state index contributed by atoms with van der Waals surface area (Å²) >= 11 is 1.73. The van der Waals surface area contributed by atoms with Crippen LogP contribution in [-0.2, 0) is 19.3 Å². The van der Waals surface area contributed by atoms with Crippen LogP contribution >= 0.6 is 11.3 Å². The Balaban J connectivity index is 1.44. The Kier molecular flexibility index (Phi) is 5.29. The molecule has 0 fully saturated rings. The number of aliphatic hydroxyl groups excluding tert-OH is 1. The van der Waals surface area contributed by atoms with Crippen LogP contribution in [0, 0.1) is 0 Å². The van der Waals surface area contributed by atoms with Gasteiger partial charge >= 0.3 is 0 Å². The minimum absolute atomic E-state index is 0.00659. The molecule has 1 aromatic heterocycles. The number of hydrogen-bond donors (Lipinski definition) is 2. The minimum atomic E-state index is -0.450. The van der Waals surface area contributed by atoms with Crippen molar-refractivity contribution in [3.63, 3.8) is 0 Å². The molecular weight excluding hydrogens is 360 g/mol. The van der Waals surface area contributed by atoms with Gasteiger partial charge in [0.1, 0.15) is 11.5 Å². The molecule has 0 aliphatic heterocycles. The lowest BCUT2D eigenvalue weighted by molar-refractivity contribution is 0.118. The predicted octanol–water partition coefficient (Wildman–Crippen LogP) is 2.97. The second-order valence-electron chi connectivity index (χ2n) is 6.79. The van der Waals surface area contributed by atoms with E-state index in [1.165, 1.54) is 4.70 Å². The van der Waals surface area contributed by atoms with Crippen LogP contribution in [0.4, 0.5) is 0 Å². The lowest BCUT2D eigenvalue weighted by Crippen LogP contribution is -2.46. The van der Waals surface area contributed by atoms with Crippen molar-refractivity contribution in [3.8, 4) is 11.5 Å². The first-order chi connectivity index (χ1) is 13.2. The van der Waals surface area contributed by atoms with E-state index < -0.39 is 6.10 Å². The summed E-state index contributed by atoms with van der Waals surface area (Å²) in [6.07, 6.45) is 1.68. The van der Waals surface area contributed by atoms with E-state index in [1.54, 1.807) is 25.6 Å². The van der Waals surface area contributed by atoms with E-state index in [-0.39, 0.29) is 6.04 Å². The van der Waals surface area contributed by atoms with Crippen LogP contribution < -0.4 is 14.8 Å². The fraction of sp³-hybridized carbons (Fsp3) is 0.381. The number of fused-ring (bicyclic) bond motifs is 2. The summed E-state index contributed by atoms with van der Waals surface area (Å²) < 4.78 is 12.2. The number of hydrogen-bond acceptors (Lipinski definition) is 6. The van der Waals surface area contributed by atoms with Crippen molar-refractivity contribution in [2.75, 3.05) is 20.8 Å². The van der Waals surface area contributed by atoms with E-state index in [1.807, 2.05) is 30.3 Å². The Morgan fingerprint density at radius 2 is 1.78 bits per heavy atom. The first-order valence-electron chi connectivity index (χ1n) is 9.18. The topological polar surface area (TPSA) is 63.6 Å². The molecule has 1 heterocycles. The molecule has 1 aliphatic carbocycles. The third kappa shape index (κ3) is 3.65. The van der Waals surface area contributed by atoms with Crippen molar-refractivity contribution in [3.05, 3.63) is 52.5 Å².